The van der Waals surface area contributed by atoms with Crippen molar-refractivity contribution >= 4 is 27.5 Å². The van der Waals surface area contributed by atoms with Crippen LogP contribution in [-0.2, 0) is 19.6 Å². The van der Waals surface area contributed by atoms with Crippen molar-refractivity contribution in [1.82, 2.24) is 9.21 Å². The number of nitrogens with zero attached hydrogens (tertiary/aromatic N) is 2. The van der Waals surface area contributed by atoms with Crippen molar-refractivity contribution in [3.63, 3.8) is 0 Å². The van der Waals surface area contributed by atoms with E-state index in [1.54, 1.807) is 24.8 Å². The Balaban J connectivity index is 1.40. The molecule has 9 heteroatoms. The lowest BCUT2D eigenvalue weighted by Gasteiger charge is -2.34. The normalized spacial score (nSPS) is 22.7. The molecule has 3 aliphatic rings. The minimum atomic E-state index is -3.73. The Morgan fingerprint density at radius 2 is 1.84 bits per heavy atom. The van der Waals surface area contributed by atoms with E-state index in [-0.39, 0.29) is 29.8 Å². The number of nitrogens with one attached hydrogen (secondary N) is 1. The maximum atomic E-state index is 13.3. The molecule has 0 unspecified atom stereocenters. The van der Waals surface area contributed by atoms with Crippen LogP contribution in [-0.4, -0.2) is 61.7 Å². The number of carbonyl (C=O) groups is 2. The standard InChI is InChI=1S/C22H31N3O5S/c1-15-13-18-19(30-16(2)22(27)23-18)14-20(15)31(28,29)25-11-9-24(10-12-25)21(26)8-7-17-5-3-4-6-17/h13-14,16-17H,3-12H2,1-2H3,(H,23,27)/t16-/m0/s1. The molecule has 8 nitrogen and oxygen atoms in total. The number of ether oxygens (including phenoxy) is 1. The molecule has 1 N–H and O–H groups in total. The first-order valence-electron chi connectivity index (χ1n) is 11.2. The number of sulfonamides is 1. The smallest absolute Gasteiger partial charge is 0.265 e. The molecule has 2 amide bonds. The van der Waals surface area contributed by atoms with Crippen LogP contribution in [0.25, 0.3) is 0 Å². The number of carbonyl (C=O) groups excluding carboxylic acids is 2. The van der Waals surface area contributed by atoms with Gasteiger partial charge in [-0.05, 0) is 37.8 Å². The van der Waals surface area contributed by atoms with E-state index in [1.807, 2.05) is 0 Å². The van der Waals surface area contributed by atoms with E-state index in [9.17, 15) is 18.0 Å². The summed E-state index contributed by atoms with van der Waals surface area (Å²) in [5.41, 5.74) is 1.03. The number of benzene rings is 1. The van der Waals surface area contributed by atoms with Crippen molar-refractivity contribution in [2.45, 2.75) is 63.4 Å². The van der Waals surface area contributed by atoms with Gasteiger partial charge in [-0.3, -0.25) is 9.59 Å². The molecule has 170 valence electrons. The first kappa shape index (κ1) is 22.1. The van der Waals surface area contributed by atoms with E-state index in [4.69, 9.17) is 4.74 Å². The topological polar surface area (TPSA) is 96.0 Å². The molecule has 1 aliphatic carbocycles. The van der Waals surface area contributed by atoms with Gasteiger partial charge in [0.15, 0.2) is 6.10 Å². The van der Waals surface area contributed by atoms with Crippen LogP contribution < -0.4 is 10.1 Å². The second-order valence-electron chi connectivity index (χ2n) is 8.84. The SMILES string of the molecule is Cc1cc2c(cc1S(=O)(=O)N1CCN(C(=O)CCC3CCCC3)CC1)O[C@@H](C)C(=O)N2. The van der Waals surface area contributed by atoms with Gasteiger partial charge in [0.05, 0.1) is 10.6 Å². The molecule has 0 bridgehead atoms. The fourth-order valence-corrected chi connectivity index (χ4v) is 6.37. The van der Waals surface area contributed by atoms with Gasteiger partial charge in [-0.25, -0.2) is 8.42 Å². The van der Waals surface area contributed by atoms with Crippen LogP contribution in [0.5, 0.6) is 5.75 Å². The summed E-state index contributed by atoms with van der Waals surface area (Å²) in [7, 11) is -3.73. The lowest BCUT2D eigenvalue weighted by atomic mass is 10.0. The number of piperazine rings is 1. The van der Waals surface area contributed by atoms with Crippen molar-refractivity contribution in [3.05, 3.63) is 17.7 Å². The maximum Gasteiger partial charge on any atom is 0.265 e. The molecule has 1 aromatic rings. The monoisotopic (exact) mass is 449 g/mol. The summed E-state index contributed by atoms with van der Waals surface area (Å²) in [5.74, 6) is 0.910. The Hall–Kier alpha value is -2.13. The predicted octanol–water partition coefficient (Wildman–Crippen LogP) is 2.52. The van der Waals surface area contributed by atoms with Gasteiger partial charge in [-0.1, -0.05) is 25.7 Å². The van der Waals surface area contributed by atoms with Crippen LogP contribution in [0, 0.1) is 12.8 Å². The van der Waals surface area contributed by atoms with E-state index >= 15 is 0 Å². The third-order valence-corrected chi connectivity index (χ3v) is 8.70. The van der Waals surface area contributed by atoms with Crippen molar-refractivity contribution in [1.29, 1.82) is 0 Å². The molecule has 2 heterocycles. The molecule has 31 heavy (non-hydrogen) atoms. The summed E-state index contributed by atoms with van der Waals surface area (Å²) in [6.45, 7) is 4.71. The molecule has 1 atom stereocenters. The predicted molar refractivity (Wildman–Crippen MR) is 116 cm³/mol. The van der Waals surface area contributed by atoms with Crippen LogP contribution in [0.4, 0.5) is 5.69 Å². The molecule has 2 fully saturated rings. The molecule has 4 rings (SSSR count). The number of amides is 2. The molecule has 0 radical (unpaired) electrons. The van der Waals surface area contributed by atoms with Gasteiger partial charge in [0.25, 0.3) is 5.91 Å². The number of hydrogen-bond acceptors (Lipinski definition) is 5. The summed E-state index contributed by atoms with van der Waals surface area (Å²) in [4.78, 5) is 26.3. The molecule has 1 saturated carbocycles. The first-order chi connectivity index (χ1) is 14.8. The highest BCUT2D eigenvalue weighted by Gasteiger charge is 2.33. The summed E-state index contributed by atoms with van der Waals surface area (Å²) >= 11 is 0. The highest BCUT2D eigenvalue weighted by atomic mass is 32.2. The number of hydrogen-bond donors (Lipinski definition) is 1. The summed E-state index contributed by atoms with van der Waals surface area (Å²) < 4.78 is 33.6. The number of anilines is 1. The number of rotatable bonds is 5. The number of fused-ring (bicyclic) bond motifs is 1. The minimum Gasteiger partial charge on any atom is -0.479 e. The van der Waals surface area contributed by atoms with Crippen LogP contribution in [0.1, 0.15) is 51.0 Å². The van der Waals surface area contributed by atoms with Gasteiger partial charge in [-0.2, -0.15) is 4.31 Å². The molecular weight excluding hydrogens is 418 g/mol. The van der Waals surface area contributed by atoms with Crippen LogP contribution in [0.3, 0.4) is 0 Å². The quantitative estimate of drug-likeness (QED) is 0.745. The first-order valence-corrected chi connectivity index (χ1v) is 12.6. The van der Waals surface area contributed by atoms with E-state index in [1.165, 1.54) is 36.1 Å². The van der Waals surface area contributed by atoms with Crippen molar-refractivity contribution < 1.29 is 22.7 Å². The van der Waals surface area contributed by atoms with Crippen molar-refractivity contribution in [2.75, 3.05) is 31.5 Å². The molecule has 0 spiro atoms. The van der Waals surface area contributed by atoms with E-state index in [0.717, 1.165) is 6.42 Å². The highest BCUT2D eigenvalue weighted by molar-refractivity contribution is 7.89. The minimum absolute atomic E-state index is 0.132. The highest BCUT2D eigenvalue weighted by Crippen LogP contribution is 2.35. The number of aryl methyl sites for hydroxylation is 1. The van der Waals surface area contributed by atoms with Gasteiger partial charge in [0.1, 0.15) is 5.75 Å². The van der Waals surface area contributed by atoms with Crippen molar-refractivity contribution in [2.24, 2.45) is 5.92 Å². The molecule has 0 aromatic heterocycles. The average molecular weight is 450 g/mol. The Bertz CT molecular complexity index is 964. The molecule has 1 saturated heterocycles. The lowest BCUT2D eigenvalue weighted by Crippen LogP contribution is -2.50. The van der Waals surface area contributed by atoms with Gasteiger partial charge >= 0.3 is 0 Å². The zero-order chi connectivity index (χ0) is 22.2. The second kappa shape index (κ2) is 8.78. The van der Waals surface area contributed by atoms with Crippen LogP contribution >= 0.6 is 0 Å². The van der Waals surface area contributed by atoms with E-state index in [0.29, 0.717) is 42.4 Å². The van der Waals surface area contributed by atoms with Gasteiger partial charge in [-0.15, -0.1) is 0 Å². The molecule has 2 aliphatic heterocycles. The zero-order valence-electron chi connectivity index (χ0n) is 18.2. The Kier molecular flexibility index (Phi) is 6.25. The molecule has 1 aromatic carbocycles. The van der Waals surface area contributed by atoms with Gasteiger partial charge < -0.3 is 15.0 Å². The van der Waals surface area contributed by atoms with E-state index in [2.05, 4.69) is 5.32 Å². The Labute approximate surface area is 184 Å². The van der Waals surface area contributed by atoms with Crippen LogP contribution in [0.2, 0.25) is 0 Å². The van der Waals surface area contributed by atoms with Crippen molar-refractivity contribution in [3.8, 4) is 5.75 Å². The fourth-order valence-electron chi connectivity index (χ4n) is 4.72. The third kappa shape index (κ3) is 4.57. The van der Waals surface area contributed by atoms with Crippen LogP contribution in [0.15, 0.2) is 17.0 Å². The Morgan fingerprint density at radius 1 is 1.16 bits per heavy atom. The third-order valence-electron chi connectivity index (χ3n) is 6.66. The second-order valence-corrected chi connectivity index (χ2v) is 10.7. The lowest BCUT2D eigenvalue weighted by molar-refractivity contribution is -0.132. The largest absolute Gasteiger partial charge is 0.479 e. The Morgan fingerprint density at radius 3 is 2.52 bits per heavy atom. The summed E-state index contributed by atoms with van der Waals surface area (Å²) in [6, 6.07) is 3.13. The average Bonchev–Trinajstić information content (AvgIpc) is 3.26. The zero-order valence-corrected chi connectivity index (χ0v) is 19.0. The van der Waals surface area contributed by atoms with E-state index < -0.39 is 16.1 Å². The molecular formula is C22H31N3O5S. The maximum absolute atomic E-state index is 13.3. The van der Waals surface area contributed by atoms with Gasteiger partial charge in [0, 0.05) is 38.7 Å². The summed E-state index contributed by atoms with van der Waals surface area (Å²) in [5, 5.41) is 2.74. The fraction of sp³-hybridized carbons (Fsp3) is 0.636. The summed E-state index contributed by atoms with van der Waals surface area (Å²) in [6.07, 6.45) is 5.83. The van der Waals surface area contributed by atoms with Gasteiger partial charge in [0.2, 0.25) is 15.9 Å².